The normalized spacial score (nSPS) is 10.6. The fourth-order valence-corrected chi connectivity index (χ4v) is 3.35. The van der Waals surface area contributed by atoms with Crippen LogP contribution in [0.3, 0.4) is 0 Å². The van der Waals surface area contributed by atoms with Crippen LogP contribution >= 0.6 is 11.8 Å². The number of aromatic nitrogens is 4. The lowest BCUT2D eigenvalue weighted by molar-refractivity contribution is 0.602. The number of pyridine rings is 2. The molecule has 0 saturated carbocycles. The van der Waals surface area contributed by atoms with E-state index in [0.29, 0.717) is 22.1 Å². The number of hydrogen-bond acceptors (Lipinski definition) is 7. The molecule has 8 heteroatoms. The van der Waals surface area contributed by atoms with Crippen LogP contribution in [0.1, 0.15) is 0 Å². The third-order valence-electron chi connectivity index (χ3n) is 3.80. The Morgan fingerprint density at radius 2 is 1.57 bits per heavy atom. The van der Waals surface area contributed by atoms with Crippen molar-refractivity contribution in [2.24, 2.45) is 0 Å². The third kappa shape index (κ3) is 4.24. The predicted octanol–water partition coefficient (Wildman–Crippen LogP) is 4.55. The SMILES string of the molecule is Nc1nc(Nc2ccc(Sc3ccncc3)c(F)c2)cc(-c2ccncc2)n1. The molecule has 3 heterocycles. The second kappa shape index (κ2) is 8.01. The summed E-state index contributed by atoms with van der Waals surface area (Å²) in [7, 11) is 0. The molecule has 0 aliphatic heterocycles. The first-order chi connectivity index (χ1) is 13.7. The molecule has 4 rings (SSSR count). The van der Waals surface area contributed by atoms with Gasteiger partial charge >= 0.3 is 0 Å². The summed E-state index contributed by atoms with van der Waals surface area (Å²) < 4.78 is 14.5. The highest BCUT2D eigenvalue weighted by molar-refractivity contribution is 7.99. The van der Waals surface area contributed by atoms with Crippen molar-refractivity contribution < 1.29 is 4.39 Å². The van der Waals surface area contributed by atoms with Crippen molar-refractivity contribution in [1.29, 1.82) is 0 Å². The fraction of sp³-hybridized carbons (Fsp3) is 0. The van der Waals surface area contributed by atoms with Crippen LogP contribution in [-0.4, -0.2) is 19.9 Å². The second-order valence-electron chi connectivity index (χ2n) is 5.79. The first-order valence-electron chi connectivity index (χ1n) is 8.37. The van der Waals surface area contributed by atoms with Crippen molar-refractivity contribution in [2.75, 3.05) is 11.1 Å². The summed E-state index contributed by atoms with van der Waals surface area (Å²) in [6.45, 7) is 0. The highest BCUT2D eigenvalue weighted by Crippen LogP contribution is 2.31. The van der Waals surface area contributed by atoms with Crippen molar-refractivity contribution in [1.82, 2.24) is 19.9 Å². The first kappa shape index (κ1) is 17.9. The number of halogens is 1. The van der Waals surface area contributed by atoms with E-state index in [1.54, 1.807) is 43.0 Å². The summed E-state index contributed by atoms with van der Waals surface area (Å²) in [5.74, 6) is 0.276. The van der Waals surface area contributed by atoms with Crippen LogP contribution in [0.4, 0.5) is 21.8 Å². The number of nitrogens with one attached hydrogen (secondary N) is 1. The minimum Gasteiger partial charge on any atom is -0.368 e. The van der Waals surface area contributed by atoms with E-state index in [2.05, 4.69) is 25.3 Å². The van der Waals surface area contributed by atoms with E-state index in [-0.39, 0.29) is 11.8 Å². The maximum atomic E-state index is 14.5. The van der Waals surface area contributed by atoms with Gasteiger partial charge in [-0.3, -0.25) is 9.97 Å². The van der Waals surface area contributed by atoms with Gasteiger partial charge in [0.15, 0.2) is 0 Å². The Morgan fingerprint density at radius 3 is 2.29 bits per heavy atom. The molecular weight excluding hydrogens is 375 g/mol. The Balaban J connectivity index is 1.56. The highest BCUT2D eigenvalue weighted by Gasteiger charge is 2.09. The topological polar surface area (TPSA) is 89.6 Å². The molecule has 6 nitrogen and oxygen atoms in total. The van der Waals surface area contributed by atoms with Crippen molar-refractivity contribution in [3.05, 3.63) is 79.1 Å². The van der Waals surface area contributed by atoms with E-state index in [0.717, 1.165) is 10.5 Å². The molecule has 0 radical (unpaired) electrons. The number of rotatable bonds is 5. The highest BCUT2D eigenvalue weighted by atomic mass is 32.2. The Hall–Kier alpha value is -3.52. The van der Waals surface area contributed by atoms with Crippen molar-refractivity contribution in [3.63, 3.8) is 0 Å². The zero-order valence-corrected chi connectivity index (χ0v) is 15.4. The molecule has 0 spiro atoms. The number of benzene rings is 1. The van der Waals surface area contributed by atoms with Crippen molar-refractivity contribution in [3.8, 4) is 11.3 Å². The quantitative estimate of drug-likeness (QED) is 0.517. The molecule has 3 N–H and O–H groups in total. The van der Waals surface area contributed by atoms with Gasteiger partial charge in [-0.2, -0.15) is 4.98 Å². The molecule has 0 fully saturated rings. The molecule has 0 bridgehead atoms. The molecule has 0 aliphatic rings. The van der Waals surface area contributed by atoms with Crippen LogP contribution in [0.2, 0.25) is 0 Å². The largest absolute Gasteiger partial charge is 0.368 e. The van der Waals surface area contributed by atoms with Gasteiger partial charge in [-0.15, -0.1) is 0 Å². The average molecular weight is 390 g/mol. The van der Waals surface area contributed by atoms with Gasteiger partial charge in [0.2, 0.25) is 5.95 Å². The van der Waals surface area contributed by atoms with Crippen LogP contribution in [0, 0.1) is 5.82 Å². The van der Waals surface area contributed by atoms with Gasteiger partial charge < -0.3 is 11.1 Å². The monoisotopic (exact) mass is 390 g/mol. The van der Waals surface area contributed by atoms with Gasteiger partial charge in [0.1, 0.15) is 11.6 Å². The Kier molecular flexibility index (Phi) is 5.11. The zero-order valence-electron chi connectivity index (χ0n) is 14.6. The summed E-state index contributed by atoms with van der Waals surface area (Å²) >= 11 is 1.34. The number of nitrogen functional groups attached to an aromatic ring is 1. The molecule has 0 saturated heterocycles. The molecular formula is C20H15FN6S. The van der Waals surface area contributed by atoms with Crippen LogP contribution in [0.15, 0.2) is 83.1 Å². The van der Waals surface area contributed by atoms with E-state index >= 15 is 0 Å². The number of nitrogens with zero attached hydrogens (tertiary/aromatic N) is 4. The van der Waals surface area contributed by atoms with Crippen LogP contribution in [0.25, 0.3) is 11.3 Å². The molecule has 0 aliphatic carbocycles. The van der Waals surface area contributed by atoms with Crippen LogP contribution in [0.5, 0.6) is 0 Å². The average Bonchev–Trinajstić information content (AvgIpc) is 2.71. The van der Waals surface area contributed by atoms with Crippen LogP contribution < -0.4 is 11.1 Å². The lowest BCUT2D eigenvalue weighted by atomic mass is 10.2. The van der Waals surface area contributed by atoms with Gasteiger partial charge in [0.25, 0.3) is 0 Å². The summed E-state index contributed by atoms with van der Waals surface area (Å²) in [6.07, 6.45) is 6.71. The standard InChI is InChI=1S/C20H15FN6S/c21-16-11-14(1-2-18(16)28-15-5-9-24-10-6-15)25-19-12-17(26-20(22)27-19)13-3-7-23-8-4-13/h1-12H,(H3,22,25,26,27). The molecule has 0 amide bonds. The molecule has 0 atom stereocenters. The summed E-state index contributed by atoms with van der Waals surface area (Å²) in [5.41, 5.74) is 7.91. The van der Waals surface area contributed by atoms with E-state index in [4.69, 9.17) is 5.73 Å². The first-order valence-corrected chi connectivity index (χ1v) is 9.18. The maximum Gasteiger partial charge on any atom is 0.222 e. The molecule has 28 heavy (non-hydrogen) atoms. The van der Waals surface area contributed by atoms with Crippen LogP contribution in [-0.2, 0) is 0 Å². The van der Waals surface area contributed by atoms with Gasteiger partial charge in [-0.05, 0) is 42.5 Å². The van der Waals surface area contributed by atoms with Crippen molar-refractivity contribution in [2.45, 2.75) is 9.79 Å². The minimum absolute atomic E-state index is 0.127. The van der Waals surface area contributed by atoms with E-state index < -0.39 is 0 Å². The fourth-order valence-electron chi connectivity index (χ4n) is 2.54. The second-order valence-corrected chi connectivity index (χ2v) is 6.90. The van der Waals surface area contributed by atoms with E-state index in [1.165, 1.54) is 17.8 Å². The number of anilines is 3. The number of hydrogen-bond donors (Lipinski definition) is 2. The summed E-state index contributed by atoms with van der Waals surface area (Å²) in [6, 6.07) is 14.0. The van der Waals surface area contributed by atoms with Gasteiger partial charge in [0, 0.05) is 51.9 Å². The van der Waals surface area contributed by atoms with E-state index in [1.807, 2.05) is 24.3 Å². The van der Waals surface area contributed by atoms with E-state index in [9.17, 15) is 4.39 Å². The molecule has 138 valence electrons. The summed E-state index contributed by atoms with van der Waals surface area (Å²) in [5, 5.41) is 3.08. The van der Waals surface area contributed by atoms with Gasteiger partial charge in [0.05, 0.1) is 5.69 Å². The van der Waals surface area contributed by atoms with Gasteiger partial charge in [-0.25, -0.2) is 9.37 Å². The smallest absolute Gasteiger partial charge is 0.222 e. The minimum atomic E-state index is -0.330. The Bertz CT molecular complexity index is 1090. The molecule has 0 unspecified atom stereocenters. The van der Waals surface area contributed by atoms with Gasteiger partial charge in [-0.1, -0.05) is 11.8 Å². The lowest BCUT2D eigenvalue weighted by Gasteiger charge is -2.10. The Labute approximate surface area is 165 Å². The lowest BCUT2D eigenvalue weighted by Crippen LogP contribution is -2.02. The van der Waals surface area contributed by atoms with Crippen molar-refractivity contribution >= 4 is 29.2 Å². The predicted molar refractivity (Wildman–Crippen MR) is 108 cm³/mol. The maximum absolute atomic E-state index is 14.5. The number of nitrogens with two attached hydrogens (primary N) is 1. The Morgan fingerprint density at radius 1 is 0.857 bits per heavy atom. The zero-order chi connectivity index (χ0) is 19.3. The third-order valence-corrected chi connectivity index (χ3v) is 4.86. The molecule has 1 aromatic carbocycles. The summed E-state index contributed by atoms with van der Waals surface area (Å²) in [4.78, 5) is 17.8. The molecule has 3 aromatic heterocycles. The molecule has 4 aromatic rings.